The summed E-state index contributed by atoms with van der Waals surface area (Å²) in [5.41, 5.74) is 5.71. The highest BCUT2D eigenvalue weighted by atomic mass is 16.6. The number of aliphatic hydroxyl groups is 1. The minimum absolute atomic E-state index is 0.218. The maximum atomic E-state index is 12.9. The monoisotopic (exact) mass is 533 g/mol. The van der Waals surface area contributed by atoms with E-state index in [1.54, 1.807) is 30.3 Å². The van der Waals surface area contributed by atoms with E-state index in [1.807, 2.05) is 0 Å². The van der Waals surface area contributed by atoms with Crippen LogP contribution in [0.3, 0.4) is 0 Å². The lowest BCUT2D eigenvalue weighted by molar-refractivity contribution is -0.175. The van der Waals surface area contributed by atoms with Crippen molar-refractivity contribution >= 4 is 35.4 Å². The fourth-order valence-electron chi connectivity index (χ4n) is 3.78. The van der Waals surface area contributed by atoms with Crippen molar-refractivity contribution in [2.75, 3.05) is 13.6 Å². The molecule has 0 spiro atoms. The quantitative estimate of drug-likeness (QED) is 0.162. The van der Waals surface area contributed by atoms with E-state index in [-0.39, 0.29) is 13.2 Å². The number of hydrazine groups is 1. The summed E-state index contributed by atoms with van der Waals surface area (Å²) in [5, 5.41) is 13.9. The molecule has 1 saturated heterocycles. The SMILES string of the molecule is CC(=O)C(O)(CC(=O)N(C)NC(=O)[C@@H]1CCCN1C(=O)[C@H](C)NC(=O)[C@H](C)N)C(=O)OCc1ccccc1. The van der Waals surface area contributed by atoms with Crippen LogP contribution in [0, 0.1) is 0 Å². The van der Waals surface area contributed by atoms with Crippen molar-refractivity contribution < 1.29 is 38.6 Å². The Morgan fingerprint density at radius 2 is 1.82 bits per heavy atom. The summed E-state index contributed by atoms with van der Waals surface area (Å²) in [4.78, 5) is 76.2. The number of esters is 1. The number of carbonyl (C=O) groups is 6. The number of hydrogen-bond acceptors (Lipinski definition) is 9. The molecule has 4 amide bonds. The molecule has 0 saturated carbocycles. The minimum Gasteiger partial charge on any atom is -0.458 e. The van der Waals surface area contributed by atoms with E-state index in [9.17, 15) is 33.9 Å². The highest BCUT2D eigenvalue weighted by Gasteiger charge is 2.46. The van der Waals surface area contributed by atoms with E-state index in [0.29, 0.717) is 18.4 Å². The Balaban J connectivity index is 2.00. The Morgan fingerprint density at radius 3 is 2.39 bits per heavy atom. The molecular formula is C25H35N5O8. The fourth-order valence-corrected chi connectivity index (χ4v) is 3.78. The third-order valence-electron chi connectivity index (χ3n) is 6.17. The van der Waals surface area contributed by atoms with Gasteiger partial charge in [-0.2, -0.15) is 0 Å². The molecule has 1 fully saturated rings. The summed E-state index contributed by atoms with van der Waals surface area (Å²) in [5.74, 6) is -4.93. The van der Waals surface area contributed by atoms with Gasteiger partial charge in [-0.15, -0.1) is 0 Å². The zero-order chi connectivity index (χ0) is 28.6. The van der Waals surface area contributed by atoms with Gasteiger partial charge in [0.1, 0.15) is 18.7 Å². The summed E-state index contributed by atoms with van der Waals surface area (Å²) in [6.07, 6.45) is -0.135. The van der Waals surface area contributed by atoms with Crippen LogP contribution in [0.25, 0.3) is 0 Å². The van der Waals surface area contributed by atoms with E-state index in [1.165, 1.54) is 25.8 Å². The second-order valence-corrected chi connectivity index (χ2v) is 9.29. The highest BCUT2D eigenvalue weighted by molar-refractivity contribution is 6.09. The lowest BCUT2D eigenvalue weighted by atomic mass is 9.94. The molecular weight excluding hydrogens is 498 g/mol. The Bertz CT molecular complexity index is 1060. The van der Waals surface area contributed by atoms with Crippen LogP contribution in [0.5, 0.6) is 0 Å². The maximum Gasteiger partial charge on any atom is 0.346 e. The number of nitrogens with zero attached hydrogens (tertiary/aromatic N) is 2. The van der Waals surface area contributed by atoms with Crippen molar-refractivity contribution in [2.24, 2.45) is 5.73 Å². The van der Waals surface area contributed by atoms with E-state index < -0.39 is 65.5 Å². The number of amides is 4. The summed E-state index contributed by atoms with van der Waals surface area (Å²) in [6.45, 7) is 3.95. The van der Waals surface area contributed by atoms with Gasteiger partial charge < -0.3 is 25.8 Å². The van der Waals surface area contributed by atoms with E-state index in [2.05, 4.69) is 10.7 Å². The molecule has 208 valence electrons. The van der Waals surface area contributed by atoms with Gasteiger partial charge in [0.05, 0.1) is 12.5 Å². The molecule has 38 heavy (non-hydrogen) atoms. The van der Waals surface area contributed by atoms with Crippen molar-refractivity contribution in [3.63, 3.8) is 0 Å². The molecule has 1 aromatic rings. The van der Waals surface area contributed by atoms with Crippen LogP contribution in [0.2, 0.25) is 0 Å². The second kappa shape index (κ2) is 13.1. The van der Waals surface area contributed by atoms with Crippen LogP contribution in [0.15, 0.2) is 30.3 Å². The maximum absolute atomic E-state index is 12.9. The summed E-state index contributed by atoms with van der Waals surface area (Å²) >= 11 is 0. The smallest absolute Gasteiger partial charge is 0.346 e. The van der Waals surface area contributed by atoms with E-state index in [0.717, 1.165) is 11.9 Å². The Kier molecular flexibility index (Phi) is 10.5. The average molecular weight is 534 g/mol. The Hall–Kier alpha value is -3.84. The molecule has 1 aliphatic heterocycles. The molecule has 0 aromatic heterocycles. The molecule has 1 aromatic carbocycles. The lowest BCUT2D eigenvalue weighted by Crippen LogP contribution is -2.57. The van der Waals surface area contributed by atoms with Crippen molar-refractivity contribution in [3.05, 3.63) is 35.9 Å². The van der Waals surface area contributed by atoms with Gasteiger partial charge >= 0.3 is 5.97 Å². The molecule has 4 atom stereocenters. The molecule has 13 nitrogen and oxygen atoms in total. The number of benzene rings is 1. The van der Waals surface area contributed by atoms with Crippen LogP contribution in [-0.4, -0.2) is 87.7 Å². The first-order chi connectivity index (χ1) is 17.8. The Labute approximate surface area is 220 Å². The number of ether oxygens (including phenoxy) is 1. The van der Waals surface area contributed by atoms with Crippen LogP contribution >= 0.6 is 0 Å². The molecule has 0 aliphatic carbocycles. The minimum atomic E-state index is -2.76. The molecule has 0 radical (unpaired) electrons. The Morgan fingerprint density at radius 1 is 1.18 bits per heavy atom. The summed E-state index contributed by atoms with van der Waals surface area (Å²) < 4.78 is 5.05. The van der Waals surface area contributed by atoms with Crippen molar-refractivity contribution in [1.29, 1.82) is 0 Å². The molecule has 0 bridgehead atoms. The number of likely N-dealkylation sites (tertiary alicyclic amines) is 1. The van der Waals surface area contributed by atoms with Crippen LogP contribution in [0.1, 0.15) is 45.6 Å². The predicted molar refractivity (Wildman–Crippen MR) is 133 cm³/mol. The van der Waals surface area contributed by atoms with E-state index in [4.69, 9.17) is 10.5 Å². The molecule has 1 aliphatic rings. The summed E-state index contributed by atoms with van der Waals surface area (Å²) in [6, 6.07) is 5.91. The molecule has 1 unspecified atom stereocenters. The summed E-state index contributed by atoms with van der Waals surface area (Å²) in [7, 11) is 1.18. The molecule has 2 rings (SSSR count). The second-order valence-electron chi connectivity index (χ2n) is 9.29. The standard InChI is InChI=1S/C25H35N5O8/c1-15(26)21(33)27-16(2)23(35)30-12-8-11-19(30)22(34)28-29(4)20(32)13-25(37,17(3)31)24(36)38-14-18-9-6-5-7-10-18/h5-7,9-10,15-16,19,37H,8,11-14,26H2,1-4H3,(H,27,33)(H,28,34)/t15-,16-,19-,25?/m0/s1. The number of hydrogen-bond donors (Lipinski definition) is 4. The van der Waals surface area contributed by atoms with Gasteiger partial charge in [-0.1, -0.05) is 30.3 Å². The van der Waals surface area contributed by atoms with E-state index >= 15 is 0 Å². The van der Waals surface area contributed by atoms with Crippen molar-refractivity contribution in [2.45, 2.75) is 70.4 Å². The molecule has 1 heterocycles. The first-order valence-corrected chi connectivity index (χ1v) is 12.2. The van der Waals surface area contributed by atoms with Gasteiger partial charge in [0.2, 0.25) is 23.3 Å². The highest BCUT2D eigenvalue weighted by Crippen LogP contribution is 2.20. The zero-order valence-corrected chi connectivity index (χ0v) is 21.9. The molecule has 13 heteroatoms. The number of nitrogens with two attached hydrogens (primary N) is 1. The first-order valence-electron chi connectivity index (χ1n) is 12.2. The number of nitrogens with one attached hydrogen (secondary N) is 2. The van der Waals surface area contributed by atoms with Gasteiger partial charge in [0, 0.05) is 13.6 Å². The van der Waals surface area contributed by atoms with Gasteiger partial charge in [0.15, 0.2) is 5.78 Å². The van der Waals surface area contributed by atoms with Gasteiger partial charge in [-0.25, -0.2) is 4.79 Å². The average Bonchev–Trinajstić information content (AvgIpc) is 3.37. The number of Topliss-reactive ketones (excluding diaryl/α,β-unsaturated/α-hetero) is 1. The first kappa shape index (κ1) is 30.4. The normalized spacial score (nSPS) is 17.9. The zero-order valence-electron chi connectivity index (χ0n) is 21.9. The molecule has 5 N–H and O–H groups in total. The topological polar surface area (TPSA) is 188 Å². The third kappa shape index (κ3) is 7.59. The van der Waals surface area contributed by atoms with Gasteiger partial charge in [-0.05, 0) is 39.2 Å². The third-order valence-corrected chi connectivity index (χ3v) is 6.17. The number of ketones is 1. The number of rotatable bonds is 10. The lowest BCUT2D eigenvalue weighted by Gasteiger charge is -2.30. The van der Waals surface area contributed by atoms with Crippen LogP contribution in [0.4, 0.5) is 0 Å². The fraction of sp³-hybridized carbons (Fsp3) is 0.520. The van der Waals surface area contributed by atoms with Gasteiger partial charge in [-0.3, -0.25) is 34.4 Å². The largest absolute Gasteiger partial charge is 0.458 e. The van der Waals surface area contributed by atoms with Crippen molar-refractivity contribution in [1.82, 2.24) is 20.7 Å². The number of carbonyl (C=O) groups excluding carboxylic acids is 6. The predicted octanol–water partition coefficient (Wildman–Crippen LogP) is -1.23. The van der Waals surface area contributed by atoms with Gasteiger partial charge in [0.25, 0.3) is 5.91 Å². The van der Waals surface area contributed by atoms with Crippen molar-refractivity contribution in [3.8, 4) is 0 Å². The van der Waals surface area contributed by atoms with Crippen LogP contribution < -0.4 is 16.5 Å². The van der Waals surface area contributed by atoms with Crippen LogP contribution in [-0.2, 0) is 40.1 Å².